The van der Waals surface area contributed by atoms with Crippen LogP contribution in [0.5, 0.6) is 0 Å². The number of aliphatic hydroxyl groups is 1. The Kier molecular flexibility index (Phi) is 5.43. The molecule has 4 rings (SSSR count). The van der Waals surface area contributed by atoms with E-state index in [-0.39, 0.29) is 18.0 Å². The molecule has 2 heterocycles. The fourth-order valence-electron chi connectivity index (χ4n) is 3.93. The van der Waals surface area contributed by atoms with Crippen molar-refractivity contribution < 1.29 is 9.50 Å². The molecule has 0 saturated carbocycles. The van der Waals surface area contributed by atoms with Crippen LogP contribution in [0.1, 0.15) is 25.7 Å². The van der Waals surface area contributed by atoms with Gasteiger partial charge in [-0.05, 0) is 62.1 Å². The van der Waals surface area contributed by atoms with Crippen LogP contribution in [-0.2, 0) is 6.54 Å². The molecule has 1 saturated heterocycles. The molecular weight excluding hydrogens is 365 g/mol. The number of aromatic nitrogens is 2. The second-order valence-corrected chi connectivity index (χ2v) is 7.62. The molecule has 0 unspecified atom stereocenters. The van der Waals surface area contributed by atoms with Crippen LogP contribution in [-0.4, -0.2) is 33.3 Å². The van der Waals surface area contributed by atoms with Crippen molar-refractivity contribution in [3.63, 3.8) is 0 Å². The minimum absolute atomic E-state index is 0.158. The zero-order valence-electron chi connectivity index (χ0n) is 15.0. The average Bonchev–Trinajstić information content (AvgIpc) is 3.05. The second kappa shape index (κ2) is 7.97. The first-order valence-electron chi connectivity index (χ1n) is 9.43. The third-order valence-electron chi connectivity index (χ3n) is 5.28. The van der Waals surface area contributed by atoms with E-state index < -0.39 is 0 Å². The van der Waals surface area contributed by atoms with Crippen LogP contribution < -0.4 is 5.32 Å². The van der Waals surface area contributed by atoms with Gasteiger partial charge in [0, 0.05) is 23.2 Å². The van der Waals surface area contributed by atoms with Gasteiger partial charge < -0.3 is 15.0 Å². The Hall–Kier alpha value is -1.95. The van der Waals surface area contributed by atoms with Crippen molar-refractivity contribution in [3.8, 4) is 11.1 Å². The van der Waals surface area contributed by atoms with Crippen molar-refractivity contribution in [2.45, 2.75) is 44.4 Å². The molecule has 142 valence electrons. The number of imidazole rings is 1. The van der Waals surface area contributed by atoms with Crippen molar-refractivity contribution >= 4 is 22.6 Å². The Morgan fingerprint density at radius 1 is 1.30 bits per heavy atom. The number of halogens is 2. The summed E-state index contributed by atoms with van der Waals surface area (Å²) in [6, 6.07) is 10.4. The maximum Gasteiger partial charge on any atom is 0.123 e. The SMILES string of the molecule is O[C@H]1CCCN[C@@H]1CCCn1cnc2cc(Cl)cc(-c3cccc(F)c3)c21. The van der Waals surface area contributed by atoms with E-state index >= 15 is 0 Å². The van der Waals surface area contributed by atoms with Crippen LogP contribution in [0.15, 0.2) is 42.7 Å². The molecule has 3 aromatic rings. The standard InChI is InChI=1S/C21H23ClFN3O/c22-15-11-17(14-4-1-5-16(23)10-14)21-19(12-15)25-13-26(21)9-3-6-18-20(27)7-2-8-24-18/h1,4-5,10-13,18,20,24,27H,2-3,6-9H2/t18-,20+/m1/s1. The van der Waals surface area contributed by atoms with Crippen LogP contribution >= 0.6 is 11.6 Å². The molecule has 6 heteroatoms. The van der Waals surface area contributed by atoms with Gasteiger partial charge in [0.1, 0.15) is 5.82 Å². The van der Waals surface area contributed by atoms with E-state index in [2.05, 4.69) is 14.9 Å². The molecule has 1 fully saturated rings. The lowest BCUT2D eigenvalue weighted by molar-refractivity contribution is 0.0909. The molecular formula is C21H23ClFN3O. The van der Waals surface area contributed by atoms with Crippen LogP contribution in [0.4, 0.5) is 4.39 Å². The Labute approximate surface area is 163 Å². The summed E-state index contributed by atoms with van der Waals surface area (Å²) < 4.78 is 15.8. The highest BCUT2D eigenvalue weighted by molar-refractivity contribution is 6.31. The van der Waals surface area contributed by atoms with Gasteiger partial charge in [0.25, 0.3) is 0 Å². The van der Waals surface area contributed by atoms with Gasteiger partial charge in [0.15, 0.2) is 0 Å². The van der Waals surface area contributed by atoms with E-state index in [0.717, 1.165) is 60.9 Å². The molecule has 0 aliphatic carbocycles. The van der Waals surface area contributed by atoms with E-state index in [4.69, 9.17) is 11.6 Å². The fraction of sp³-hybridized carbons (Fsp3) is 0.381. The third-order valence-corrected chi connectivity index (χ3v) is 5.49. The maximum absolute atomic E-state index is 13.7. The van der Waals surface area contributed by atoms with Gasteiger partial charge in [0.05, 0.1) is 23.5 Å². The van der Waals surface area contributed by atoms with Gasteiger partial charge in [-0.15, -0.1) is 0 Å². The van der Waals surface area contributed by atoms with Crippen molar-refractivity contribution in [2.75, 3.05) is 6.54 Å². The highest BCUT2D eigenvalue weighted by Crippen LogP contribution is 2.32. The normalized spacial score (nSPS) is 20.3. The van der Waals surface area contributed by atoms with Gasteiger partial charge in [-0.3, -0.25) is 0 Å². The summed E-state index contributed by atoms with van der Waals surface area (Å²) in [7, 11) is 0. The lowest BCUT2D eigenvalue weighted by Crippen LogP contribution is -2.44. The summed E-state index contributed by atoms with van der Waals surface area (Å²) in [5, 5.41) is 14.1. The molecule has 0 radical (unpaired) electrons. The van der Waals surface area contributed by atoms with Crippen molar-refractivity contribution in [1.29, 1.82) is 0 Å². The highest BCUT2D eigenvalue weighted by atomic mass is 35.5. The summed E-state index contributed by atoms with van der Waals surface area (Å²) in [4.78, 5) is 4.49. The molecule has 1 aliphatic heterocycles. The quantitative estimate of drug-likeness (QED) is 0.682. The smallest absolute Gasteiger partial charge is 0.123 e. The molecule has 2 atom stereocenters. The summed E-state index contributed by atoms with van der Waals surface area (Å²) in [5.74, 6) is -0.274. The Morgan fingerprint density at radius 3 is 3.00 bits per heavy atom. The summed E-state index contributed by atoms with van der Waals surface area (Å²) in [6.45, 7) is 1.75. The lowest BCUT2D eigenvalue weighted by atomic mass is 9.97. The molecule has 0 amide bonds. The number of hydrogen-bond acceptors (Lipinski definition) is 3. The number of aryl methyl sites for hydroxylation is 1. The predicted octanol–water partition coefficient (Wildman–Crippen LogP) is 4.39. The van der Waals surface area contributed by atoms with Gasteiger partial charge in [0.2, 0.25) is 0 Å². The second-order valence-electron chi connectivity index (χ2n) is 7.18. The molecule has 27 heavy (non-hydrogen) atoms. The summed E-state index contributed by atoms with van der Waals surface area (Å²) >= 11 is 6.27. The number of benzene rings is 2. The minimum Gasteiger partial charge on any atom is -0.392 e. The average molecular weight is 388 g/mol. The fourth-order valence-corrected chi connectivity index (χ4v) is 4.14. The molecule has 4 nitrogen and oxygen atoms in total. The van der Waals surface area contributed by atoms with E-state index in [0.29, 0.717) is 5.02 Å². The van der Waals surface area contributed by atoms with Crippen LogP contribution in [0.3, 0.4) is 0 Å². The number of aliphatic hydroxyl groups excluding tert-OH is 1. The van der Waals surface area contributed by atoms with E-state index in [9.17, 15) is 9.50 Å². The maximum atomic E-state index is 13.7. The number of nitrogens with zero attached hydrogens (tertiary/aromatic N) is 2. The molecule has 0 spiro atoms. The molecule has 2 N–H and O–H groups in total. The first-order valence-corrected chi connectivity index (χ1v) is 9.81. The van der Waals surface area contributed by atoms with Crippen molar-refractivity contribution in [3.05, 3.63) is 53.6 Å². The summed E-state index contributed by atoms with van der Waals surface area (Å²) in [5.41, 5.74) is 3.43. The van der Waals surface area contributed by atoms with Gasteiger partial charge in [-0.25, -0.2) is 9.37 Å². The Balaban J connectivity index is 1.60. The first kappa shape index (κ1) is 18.4. The van der Waals surface area contributed by atoms with Crippen molar-refractivity contribution in [2.24, 2.45) is 0 Å². The van der Waals surface area contributed by atoms with Gasteiger partial charge >= 0.3 is 0 Å². The number of nitrogens with one attached hydrogen (secondary N) is 1. The van der Waals surface area contributed by atoms with Crippen molar-refractivity contribution in [1.82, 2.24) is 14.9 Å². The van der Waals surface area contributed by atoms with Gasteiger partial charge in [-0.2, -0.15) is 0 Å². The molecule has 0 bridgehead atoms. The molecule has 2 aromatic carbocycles. The van der Waals surface area contributed by atoms with Crippen LogP contribution in [0, 0.1) is 5.82 Å². The number of hydrogen-bond donors (Lipinski definition) is 2. The van der Waals surface area contributed by atoms with E-state index in [1.54, 1.807) is 6.07 Å². The van der Waals surface area contributed by atoms with Crippen LogP contribution in [0.2, 0.25) is 5.02 Å². The Bertz CT molecular complexity index is 942. The van der Waals surface area contributed by atoms with Gasteiger partial charge in [-0.1, -0.05) is 23.7 Å². The number of rotatable bonds is 5. The lowest BCUT2D eigenvalue weighted by Gasteiger charge is -2.29. The van der Waals surface area contributed by atoms with E-state index in [1.807, 2.05) is 24.5 Å². The third kappa shape index (κ3) is 4.00. The Morgan fingerprint density at radius 2 is 2.19 bits per heavy atom. The minimum atomic E-state index is -0.274. The van der Waals surface area contributed by atoms with Crippen LogP contribution in [0.25, 0.3) is 22.2 Å². The number of fused-ring (bicyclic) bond motifs is 1. The zero-order chi connectivity index (χ0) is 18.8. The molecule has 1 aromatic heterocycles. The topological polar surface area (TPSA) is 50.1 Å². The zero-order valence-corrected chi connectivity index (χ0v) is 15.8. The highest BCUT2D eigenvalue weighted by Gasteiger charge is 2.22. The predicted molar refractivity (Wildman–Crippen MR) is 106 cm³/mol. The monoisotopic (exact) mass is 387 g/mol. The first-order chi connectivity index (χ1) is 13.1. The van der Waals surface area contributed by atoms with E-state index in [1.165, 1.54) is 12.1 Å². The number of piperidine rings is 1. The molecule has 1 aliphatic rings. The summed E-state index contributed by atoms with van der Waals surface area (Å²) in [6.07, 6.45) is 5.28. The largest absolute Gasteiger partial charge is 0.392 e.